The zero-order chi connectivity index (χ0) is 14.0. The van der Waals surface area contributed by atoms with Crippen molar-refractivity contribution in [3.63, 3.8) is 0 Å². The van der Waals surface area contributed by atoms with Crippen molar-refractivity contribution in [3.05, 3.63) is 29.8 Å². The number of hydrogen-bond donors (Lipinski definition) is 2. The van der Waals surface area contributed by atoms with Crippen LogP contribution in [0.25, 0.3) is 0 Å². The SMILES string of the molecule is C[C@H](NC(=S)NC1CC1)c1ccc(S(C)(=O)=O)cc1. The number of sulfone groups is 1. The van der Waals surface area contributed by atoms with Crippen LogP contribution < -0.4 is 10.6 Å². The fourth-order valence-electron chi connectivity index (χ4n) is 1.74. The molecule has 1 aliphatic carbocycles. The van der Waals surface area contributed by atoms with E-state index in [1.54, 1.807) is 12.1 Å². The van der Waals surface area contributed by atoms with E-state index < -0.39 is 9.84 Å². The van der Waals surface area contributed by atoms with Crippen LogP contribution in [-0.4, -0.2) is 25.8 Å². The summed E-state index contributed by atoms with van der Waals surface area (Å²) in [4.78, 5) is 0.335. The molecule has 1 fully saturated rings. The van der Waals surface area contributed by atoms with E-state index in [4.69, 9.17) is 12.2 Å². The lowest BCUT2D eigenvalue weighted by atomic mass is 10.1. The van der Waals surface area contributed by atoms with Crippen LogP contribution in [0.5, 0.6) is 0 Å². The fraction of sp³-hybridized carbons (Fsp3) is 0.462. The molecule has 6 heteroatoms. The van der Waals surface area contributed by atoms with Crippen LogP contribution in [0.4, 0.5) is 0 Å². The molecule has 0 amide bonds. The topological polar surface area (TPSA) is 58.2 Å². The molecule has 1 aliphatic rings. The normalized spacial score (nSPS) is 16.7. The molecule has 0 radical (unpaired) electrons. The molecule has 104 valence electrons. The van der Waals surface area contributed by atoms with E-state index in [0.717, 1.165) is 5.56 Å². The minimum absolute atomic E-state index is 0.0485. The molecule has 0 aromatic heterocycles. The maximum atomic E-state index is 11.4. The highest BCUT2D eigenvalue weighted by atomic mass is 32.2. The molecule has 0 bridgehead atoms. The molecule has 0 saturated heterocycles. The van der Waals surface area contributed by atoms with Crippen molar-refractivity contribution in [2.45, 2.75) is 36.7 Å². The molecule has 2 rings (SSSR count). The maximum absolute atomic E-state index is 11.4. The van der Waals surface area contributed by atoms with Crippen molar-refractivity contribution in [1.82, 2.24) is 10.6 Å². The van der Waals surface area contributed by atoms with Gasteiger partial charge in [-0.3, -0.25) is 0 Å². The molecule has 1 atom stereocenters. The first-order chi connectivity index (χ1) is 8.86. The minimum Gasteiger partial charge on any atom is -0.360 e. The fourth-order valence-corrected chi connectivity index (χ4v) is 2.71. The van der Waals surface area contributed by atoms with Gasteiger partial charge in [-0.15, -0.1) is 0 Å². The molecule has 2 N–H and O–H groups in total. The van der Waals surface area contributed by atoms with Crippen molar-refractivity contribution >= 4 is 27.2 Å². The van der Waals surface area contributed by atoms with Gasteiger partial charge in [-0.1, -0.05) is 12.1 Å². The zero-order valence-electron chi connectivity index (χ0n) is 11.0. The zero-order valence-corrected chi connectivity index (χ0v) is 12.6. The lowest BCUT2D eigenvalue weighted by Gasteiger charge is -2.17. The second kappa shape index (κ2) is 5.46. The van der Waals surface area contributed by atoms with E-state index >= 15 is 0 Å². The smallest absolute Gasteiger partial charge is 0.175 e. The molecule has 1 aromatic rings. The van der Waals surface area contributed by atoms with E-state index in [0.29, 0.717) is 16.0 Å². The predicted molar refractivity (Wildman–Crippen MR) is 79.9 cm³/mol. The molecule has 0 heterocycles. The molecule has 19 heavy (non-hydrogen) atoms. The third-order valence-electron chi connectivity index (χ3n) is 3.07. The number of thiocarbonyl (C=S) groups is 1. The third-order valence-corrected chi connectivity index (χ3v) is 4.43. The van der Waals surface area contributed by atoms with E-state index in [2.05, 4.69) is 10.6 Å². The Labute approximate surface area is 119 Å². The Morgan fingerprint density at radius 1 is 1.32 bits per heavy atom. The molecule has 0 spiro atoms. The summed E-state index contributed by atoms with van der Waals surface area (Å²) in [5.74, 6) is 0. The van der Waals surface area contributed by atoms with Crippen LogP contribution >= 0.6 is 12.2 Å². The van der Waals surface area contributed by atoms with Gasteiger partial charge in [-0.05, 0) is 49.7 Å². The molecular formula is C13H18N2O2S2. The molecule has 0 aliphatic heterocycles. The van der Waals surface area contributed by atoms with Crippen molar-refractivity contribution in [2.24, 2.45) is 0 Å². The van der Waals surface area contributed by atoms with Crippen LogP contribution in [0.2, 0.25) is 0 Å². The van der Waals surface area contributed by atoms with Crippen LogP contribution in [0.3, 0.4) is 0 Å². The van der Waals surface area contributed by atoms with Gasteiger partial charge in [-0.2, -0.15) is 0 Å². The number of benzene rings is 1. The lowest BCUT2D eigenvalue weighted by molar-refractivity contribution is 0.601. The molecule has 1 aromatic carbocycles. The van der Waals surface area contributed by atoms with Crippen molar-refractivity contribution < 1.29 is 8.42 Å². The summed E-state index contributed by atoms with van der Waals surface area (Å²) in [5, 5.41) is 7.07. The Balaban J connectivity index is 1.98. The van der Waals surface area contributed by atoms with Crippen LogP contribution in [0.1, 0.15) is 31.4 Å². The quantitative estimate of drug-likeness (QED) is 0.830. The van der Waals surface area contributed by atoms with Crippen molar-refractivity contribution in [1.29, 1.82) is 0 Å². The van der Waals surface area contributed by atoms with E-state index in [1.807, 2.05) is 19.1 Å². The Bertz CT molecular complexity index is 563. The average molecular weight is 298 g/mol. The van der Waals surface area contributed by atoms with Gasteiger partial charge in [-0.25, -0.2) is 8.42 Å². The third kappa shape index (κ3) is 4.18. The van der Waals surface area contributed by atoms with Crippen LogP contribution in [-0.2, 0) is 9.84 Å². The summed E-state index contributed by atoms with van der Waals surface area (Å²) in [7, 11) is -3.13. The van der Waals surface area contributed by atoms with Gasteiger partial charge in [0.25, 0.3) is 0 Å². The highest BCUT2D eigenvalue weighted by molar-refractivity contribution is 7.90. The maximum Gasteiger partial charge on any atom is 0.175 e. The van der Waals surface area contributed by atoms with Crippen LogP contribution in [0, 0.1) is 0 Å². The summed E-state index contributed by atoms with van der Waals surface area (Å²) >= 11 is 5.21. The van der Waals surface area contributed by atoms with E-state index in [9.17, 15) is 8.42 Å². The van der Waals surface area contributed by atoms with Gasteiger partial charge < -0.3 is 10.6 Å². The number of hydrogen-bond acceptors (Lipinski definition) is 3. The molecule has 4 nitrogen and oxygen atoms in total. The summed E-state index contributed by atoms with van der Waals surface area (Å²) in [6.45, 7) is 2.00. The Kier molecular flexibility index (Phi) is 4.10. The number of rotatable bonds is 4. The van der Waals surface area contributed by atoms with Crippen molar-refractivity contribution in [2.75, 3.05) is 6.26 Å². The Morgan fingerprint density at radius 3 is 2.37 bits per heavy atom. The molecular weight excluding hydrogens is 280 g/mol. The van der Waals surface area contributed by atoms with Gasteiger partial charge in [0.2, 0.25) is 0 Å². The van der Waals surface area contributed by atoms with Gasteiger partial charge >= 0.3 is 0 Å². The van der Waals surface area contributed by atoms with E-state index in [-0.39, 0.29) is 6.04 Å². The number of nitrogens with one attached hydrogen (secondary N) is 2. The second-order valence-electron chi connectivity index (χ2n) is 4.95. The predicted octanol–water partition coefficient (Wildman–Crippen LogP) is 1.78. The minimum atomic E-state index is -3.13. The van der Waals surface area contributed by atoms with Gasteiger partial charge in [0.05, 0.1) is 10.9 Å². The summed E-state index contributed by atoms with van der Waals surface area (Å²) in [5.41, 5.74) is 1.01. The van der Waals surface area contributed by atoms with Gasteiger partial charge in [0, 0.05) is 12.3 Å². The second-order valence-corrected chi connectivity index (χ2v) is 7.38. The highest BCUT2D eigenvalue weighted by Gasteiger charge is 2.22. The summed E-state index contributed by atoms with van der Waals surface area (Å²) < 4.78 is 22.7. The van der Waals surface area contributed by atoms with Crippen LogP contribution in [0.15, 0.2) is 29.2 Å². The first-order valence-corrected chi connectivity index (χ1v) is 8.53. The highest BCUT2D eigenvalue weighted by Crippen LogP contribution is 2.19. The van der Waals surface area contributed by atoms with Gasteiger partial charge in [0.15, 0.2) is 14.9 Å². The molecule has 1 saturated carbocycles. The molecule has 0 unspecified atom stereocenters. The van der Waals surface area contributed by atoms with E-state index in [1.165, 1.54) is 19.1 Å². The summed E-state index contributed by atoms with van der Waals surface area (Å²) in [6, 6.07) is 7.45. The average Bonchev–Trinajstić information content (AvgIpc) is 3.11. The first kappa shape index (κ1) is 14.3. The monoisotopic (exact) mass is 298 g/mol. The van der Waals surface area contributed by atoms with Gasteiger partial charge in [0.1, 0.15) is 0 Å². The lowest BCUT2D eigenvalue weighted by Crippen LogP contribution is -2.37. The van der Waals surface area contributed by atoms with Crippen molar-refractivity contribution in [3.8, 4) is 0 Å². The first-order valence-electron chi connectivity index (χ1n) is 6.23. The summed E-state index contributed by atoms with van der Waals surface area (Å²) in [6.07, 6.45) is 3.57. The standard InChI is InChI=1S/C13H18N2O2S2/c1-9(14-13(18)15-11-5-6-11)10-3-7-12(8-4-10)19(2,16)17/h3-4,7-9,11H,5-6H2,1-2H3,(H2,14,15,18)/t9-/m0/s1. The Hall–Kier alpha value is -1.14. The largest absolute Gasteiger partial charge is 0.360 e. The Morgan fingerprint density at radius 2 is 1.89 bits per heavy atom.